The van der Waals surface area contributed by atoms with Crippen molar-refractivity contribution < 1.29 is 24.3 Å². The van der Waals surface area contributed by atoms with E-state index in [0.29, 0.717) is 24.4 Å². The first-order valence-corrected chi connectivity index (χ1v) is 6.02. The van der Waals surface area contributed by atoms with Gasteiger partial charge in [0.25, 0.3) is 11.1 Å². The van der Waals surface area contributed by atoms with Gasteiger partial charge in [-0.2, -0.15) is 0 Å². The Hall–Kier alpha value is -1.83. The SMILES string of the molecule is CCCNC(=O)CN1C(=O)S/C(=C/C(=O)O)C1=O. The van der Waals surface area contributed by atoms with Crippen LogP contribution in [0.15, 0.2) is 11.0 Å². The molecule has 0 aromatic rings. The van der Waals surface area contributed by atoms with Gasteiger partial charge in [0.2, 0.25) is 5.91 Å². The summed E-state index contributed by atoms with van der Waals surface area (Å²) >= 11 is 0.514. The fourth-order valence-corrected chi connectivity index (χ4v) is 2.02. The predicted octanol–water partition coefficient (Wildman–Crippen LogP) is 0.177. The topological polar surface area (TPSA) is 104 Å². The van der Waals surface area contributed by atoms with Crippen molar-refractivity contribution >= 4 is 34.8 Å². The zero-order valence-corrected chi connectivity index (χ0v) is 10.5. The van der Waals surface area contributed by atoms with Crippen LogP contribution in [0.25, 0.3) is 0 Å². The normalized spacial score (nSPS) is 17.4. The standard InChI is InChI=1S/C10H12N2O5S/c1-2-3-11-7(13)5-12-9(16)6(4-8(14)15)18-10(12)17/h4H,2-3,5H2,1H3,(H,11,13)(H,14,15)/b6-4+. The van der Waals surface area contributed by atoms with Gasteiger partial charge < -0.3 is 10.4 Å². The summed E-state index contributed by atoms with van der Waals surface area (Å²) < 4.78 is 0. The van der Waals surface area contributed by atoms with Crippen molar-refractivity contribution in [3.63, 3.8) is 0 Å². The van der Waals surface area contributed by atoms with Crippen LogP contribution in [0.3, 0.4) is 0 Å². The quantitative estimate of drug-likeness (QED) is 0.692. The number of rotatable bonds is 5. The number of carbonyl (C=O) groups is 4. The molecule has 7 nitrogen and oxygen atoms in total. The first-order chi connectivity index (χ1) is 8.45. The van der Waals surface area contributed by atoms with E-state index in [9.17, 15) is 19.2 Å². The molecular formula is C10H12N2O5S. The van der Waals surface area contributed by atoms with Crippen LogP contribution < -0.4 is 5.32 Å². The molecule has 1 aliphatic heterocycles. The van der Waals surface area contributed by atoms with E-state index in [1.54, 1.807) is 0 Å². The molecule has 8 heteroatoms. The summed E-state index contributed by atoms with van der Waals surface area (Å²) in [6.45, 7) is 1.94. The lowest BCUT2D eigenvalue weighted by Gasteiger charge is -2.11. The van der Waals surface area contributed by atoms with Crippen molar-refractivity contribution in [2.24, 2.45) is 0 Å². The highest BCUT2D eigenvalue weighted by Crippen LogP contribution is 2.29. The molecule has 0 aromatic heterocycles. The van der Waals surface area contributed by atoms with E-state index in [0.717, 1.165) is 11.3 Å². The molecule has 1 saturated heterocycles. The Morgan fingerprint density at radius 3 is 2.67 bits per heavy atom. The molecule has 0 aromatic carbocycles. The molecule has 1 rings (SSSR count). The molecular weight excluding hydrogens is 260 g/mol. The van der Waals surface area contributed by atoms with Crippen molar-refractivity contribution in [1.29, 1.82) is 0 Å². The maximum Gasteiger partial charge on any atom is 0.329 e. The van der Waals surface area contributed by atoms with E-state index in [1.807, 2.05) is 6.92 Å². The van der Waals surface area contributed by atoms with Crippen molar-refractivity contribution in [3.8, 4) is 0 Å². The van der Waals surface area contributed by atoms with Gasteiger partial charge in [-0.05, 0) is 18.2 Å². The monoisotopic (exact) mass is 272 g/mol. The summed E-state index contributed by atoms with van der Waals surface area (Å²) in [6, 6.07) is 0. The Kier molecular flexibility index (Phi) is 4.90. The summed E-state index contributed by atoms with van der Waals surface area (Å²) in [5, 5.41) is 10.4. The van der Waals surface area contributed by atoms with Gasteiger partial charge in [0.1, 0.15) is 6.54 Å². The molecule has 1 aliphatic rings. The van der Waals surface area contributed by atoms with E-state index in [4.69, 9.17) is 5.11 Å². The van der Waals surface area contributed by atoms with Crippen molar-refractivity contribution in [1.82, 2.24) is 10.2 Å². The molecule has 0 aliphatic carbocycles. The molecule has 0 spiro atoms. The number of thioether (sulfide) groups is 1. The number of amides is 3. The van der Waals surface area contributed by atoms with E-state index in [1.165, 1.54) is 0 Å². The van der Waals surface area contributed by atoms with Crippen LogP contribution in [-0.2, 0) is 14.4 Å². The summed E-state index contributed by atoms with van der Waals surface area (Å²) in [5.74, 6) is -2.51. The van der Waals surface area contributed by atoms with Crippen molar-refractivity contribution in [2.75, 3.05) is 13.1 Å². The van der Waals surface area contributed by atoms with E-state index >= 15 is 0 Å². The number of aliphatic carboxylic acids is 1. The van der Waals surface area contributed by atoms with Gasteiger partial charge in [0.05, 0.1) is 4.91 Å². The Labute approximate surface area is 107 Å². The largest absolute Gasteiger partial charge is 0.478 e. The third kappa shape index (κ3) is 3.59. The van der Waals surface area contributed by atoms with E-state index in [2.05, 4.69) is 5.32 Å². The fourth-order valence-electron chi connectivity index (χ4n) is 1.21. The molecule has 1 heterocycles. The number of carbonyl (C=O) groups excluding carboxylic acids is 3. The van der Waals surface area contributed by atoms with Crippen molar-refractivity contribution in [3.05, 3.63) is 11.0 Å². The number of nitrogens with zero attached hydrogens (tertiary/aromatic N) is 1. The van der Waals surface area contributed by atoms with Gasteiger partial charge in [0, 0.05) is 12.6 Å². The lowest BCUT2D eigenvalue weighted by atomic mass is 10.4. The molecule has 0 bridgehead atoms. The van der Waals surface area contributed by atoms with E-state index in [-0.39, 0.29) is 11.4 Å². The highest BCUT2D eigenvalue weighted by molar-refractivity contribution is 8.18. The van der Waals surface area contributed by atoms with Crippen LogP contribution in [0.1, 0.15) is 13.3 Å². The number of nitrogens with one attached hydrogen (secondary N) is 1. The highest BCUT2D eigenvalue weighted by atomic mass is 32.2. The number of hydrogen-bond acceptors (Lipinski definition) is 5. The zero-order valence-electron chi connectivity index (χ0n) is 9.63. The molecule has 2 N–H and O–H groups in total. The third-order valence-corrected chi connectivity index (χ3v) is 2.91. The summed E-state index contributed by atoms with van der Waals surface area (Å²) in [4.78, 5) is 45.4. The third-order valence-electron chi connectivity index (χ3n) is 2.00. The number of carboxylic acid groups (broad SMARTS) is 1. The first-order valence-electron chi connectivity index (χ1n) is 5.20. The van der Waals surface area contributed by atoms with Gasteiger partial charge >= 0.3 is 5.97 Å². The van der Waals surface area contributed by atoms with E-state index < -0.39 is 23.0 Å². The Morgan fingerprint density at radius 2 is 2.11 bits per heavy atom. The molecule has 0 saturated carbocycles. The fraction of sp³-hybridized carbons (Fsp3) is 0.400. The van der Waals surface area contributed by atoms with Crippen molar-refractivity contribution in [2.45, 2.75) is 13.3 Å². The summed E-state index contributed by atoms with van der Waals surface area (Å²) in [5.41, 5.74) is 0. The first kappa shape index (κ1) is 14.2. The maximum absolute atomic E-state index is 11.6. The Balaban J connectivity index is 2.68. The second-order valence-electron chi connectivity index (χ2n) is 3.46. The zero-order chi connectivity index (χ0) is 13.7. The minimum absolute atomic E-state index is 0.184. The summed E-state index contributed by atoms with van der Waals surface area (Å²) in [6.07, 6.45) is 1.40. The smallest absolute Gasteiger partial charge is 0.329 e. The van der Waals surface area contributed by atoms with Crippen LogP contribution in [-0.4, -0.2) is 46.1 Å². The maximum atomic E-state index is 11.6. The van der Waals surface area contributed by atoms with Gasteiger partial charge in [0.15, 0.2) is 0 Å². The molecule has 0 unspecified atom stereocenters. The van der Waals surface area contributed by atoms with Crippen LogP contribution in [0.4, 0.5) is 4.79 Å². The minimum atomic E-state index is -1.31. The van der Waals surface area contributed by atoms with Gasteiger partial charge in [-0.15, -0.1) is 0 Å². The Morgan fingerprint density at radius 1 is 1.44 bits per heavy atom. The summed E-state index contributed by atoms with van der Waals surface area (Å²) in [7, 11) is 0. The van der Waals surface area contributed by atoms with Crippen LogP contribution in [0.2, 0.25) is 0 Å². The minimum Gasteiger partial charge on any atom is -0.478 e. The number of hydrogen-bond donors (Lipinski definition) is 2. The molecule has 0 radical (unpaired) electrons. The average molecular weight is 272 g/mol. The van der Waals surface area contributed by atoms with Crippen LogP contribution in [0, 0.1) is 0 Å². The molecule has 3 amide bonds. The molecule has 0 atom stereocenters. The molecule has 1 fully saturated rings. The van der Waals surface area contributed by atoms with Gasteiger partial charge in [-0.1, -0.05) is 6.92 Å². The van der Waals surface area contributed by atoms with Gasteiger partial charge in [-0.3, -0.25) is 19.3 Å². The second kappa shape index (κ2) is 6.20. The molecule has 18 heavy (non-hydrogen) atoms. The number of carboxylic acids is 1. The lowest BCUT2D eigenvalue weighted by molar-refractivity contribution is -0.132. The van der Waals surface area contributed by atoms with Crippen LogP contribution in [0.5, 0.6) is 0 Å². The molecule has 98 valence electrons. The lowest BCUT2D eigenvalue weighted by Crippen LogP contribution is -2.39. The number of imide groups is 1. The average Bonchev–Trinajstić information content (AvgIpc) is 2.53. The Bertz CT molecular complexity index is 432. The predicted molar refractivity (Wildman–Crippen MR) is 63.7 cm³/mol. The van der Waals surface area contributed by atoms with Gasteiger partial charge in [-0.25, -0.2) is 4.79 Å². The highest BCUT2D eigenvalue weighted by Gasteiger charge is 2.36. The second-order valence-corrected chi connectivity index (χ2v) is 4.45. The van der Waals surface area contributed by atoms with Crippen LogP contribution >= 0.6 is 11.8 Å².